The topological polar surface area (TPSA) is 61.2 Å². The first-order valence-electron chi connectivity index (χ1n) is 10.7. The van der Waals surface area contributed by atoms with Gasteiger partial charge in [-0.15, -0.1) is 11.3 Å². The number of carbonyl (C=O) groups is 1. The highest BCUT2D eigenvalue weighted by molar-refractivity contribution is 7.99. The lowest BCUT2D eigenvalue weighted by Crippen LogP contribution is -2.22. The van der Waals surface area contributed by atoms with Crippen LogP contribution in [0.1, 0.15) is 33.6 Å². The lowest BCUT2D eigenvalue weighted by Gasteiger charge is -2.14. The molecule has 5 rings (SSSR count). The van der Waals surface area contributed by atoms with Crippen LogP contribution in [0.5, 0.6) is 5.75 Å². The van der Waals surface area contributed by atoms with Crippen LogP contribution in [0.3, 0.4) is 0 Å². The van der Waals surface area contributed by atoms with Gasteiger partial charge in [0.15, 0.2) is 10.9 Å². The molecule has 0 saturated heterocycles. The number of thioether (sulfide) groups is 1. The van der Waals surface area contributed by atoms with E-state index in [0.717, 1.165) is 41.5 Å². The zero-order valence-corrected chi connectivity index (χ0v) is 20.4. The van der Waals surface area contributed by atoms with Gasteiger partial charge in [0.2, 0.25) is 0 Å². The number of hydrogen-bond acceptors (Lipinski definition) is 6. The van der Waals surface area contributed by atoms with Crippen LogP contribution in [0.4, 0.5) is 0 Å². The van der Waals surface area contributed by atoms with E-state index < -0.39 is 0 Å². The normalized spacial score (nSPS) is 13.2. The molecule has 0 unspecified atom stereocenters. The third-order valence-electron chi connectivity index (χ3n) is 5.79. The molecule has 0 spiro atoms. The Hall–Kier alpha value is -2.61. The zero-order valence-electron chi connectivity index (χ0n) is 18.0. The SMILES string of the molecule is COc1ccc(-n2c(SCC(=O)c3ccc(Cl)cc3)nc3sc4c(c3c2=O)CCCC4)cc1. The summed E-state index contributed by atoms with van der Waals surface area (Å²) in [5, 5.41) is 1.82. The molecule has 0 atom stereocenters. The highest BCUT2D eigenvalue weighted by Crippen LogP contribution is 2.35. The maximum Gasteiger partial charge on any atom is 0.267 e. The Morgan fingerprint density at radius 1 is 1.12 bits per heavy atom. The van der Waals surface area contributed by atoms with Gasteiger partial charge in [-0.3, -0.25) is 14.2 Å². The Balaban J connectivity index is 1.58. The fourth-order valence-electron chi connectivity index (χ4n) is 4.09. The smallest absolute Gasteiger partial charge is 0.267 e. The fraction of sp³-hybridized carbons (Fsp3) is 0.240. The number of nitrogens with zero attached hydrogens (tertiary/aromatic N) is 2. The van der Waals surface area contributed by atoms with E-state index in [0.29, 0.717) is 27.2 Å². The maximum absolute atomic E-state index is 13.8. The maximum atomic E-state index is 13.8. The number of ether oxygens (including phenoxy) is 1. The molecule has 2 aromatic heterocycles. The third kappa shape index (κ3) is 4.33. The largest absolute Gasteiger partial charge is 0.497 e. The summed E-state index contributed by atoms with van der Waals surface area (Å²) in [6.45, 7) is 0. The Bertz CT molecular complexity index is 1390. The number of aromatic nitrogens is 2. The summed E-state index contributed by atoms with van der Waals surface area (Å²) < 4.78 is 6.90. The van der Waals surface area contributed by atoms with E-state index in [-0.39, 0.29) is 17.1 Å². The molecule has 1 aliphatic rings. The van der Waals surface area contributed by atoms with Crippen LogP contribution in [-0.2, 0) is 12.8 Å². The summed E-state index contributed by atoms with van der Waals surface area (Å²) in [5.41, 5.74) is 2.35. The first-order valence-corrected chi connectivity index (χ1v) is 12.9. The van der Waals surface area contributed by atoms with Crippen LogP contribution < -0.4 is 10.3 Å². The summed E-state index contributed by atoms with van der Waals surface area (Å²) in [4.78, 5) is 33.5. The van der Waals surface area contributed by atoms with Crippen molar-refractivity contribution < 1.29 is 9.53 Å². The summed E-state index contributed by atoms with van der Waals surface area (Å²) in [7, 11) is 1.61. The van der Waals surface area contributed by atoms with Crippen molar-refractivity contribution in [1.82, 2.24) is 9.55 Å². The Morgan fingerprint density at radius 2 is 1.85 bits per heavy atom. The monoisotopic (exact) mass is 496 g/mol. The first kappa shape index (κ1) is 22.2. The van der Waals surface area contributed by atoms with E-state index in [4.69, 9.17) is 21.3 Å². The van der Waals surface area contributed by atoms with Crippen molar-refractivity contribution in [3.05, 3.63) is 79.9 Å². The van der Waals surface area contributed by atoms with Crippen molar-refractivity contribution >= 4 is 50.7 Å². The molecule has 8 heteroatoms. The molecular weight excluding hydrogens is 476 g/mol. The molecule has 1 aliphatic carbocycles. The molecule has 168 valence electrons. The van der Waals surface area contributed by atoms with E-state index in [1.165, 1.54) is 16.6 Å². The number of methoxy groups -OCH3 is 1. The van der Waals surface area contributed by atoms with Gasteiger partial charge in [0.25, 0.3) is 5.56 Å². The van der Waals surface area contributed by atoms with Crippen molar-refractivity contribution in [2.75, 3.05) is 12.9 Å². The number of rotatable bonds is 6. The number of thiophene rings is 1. The Morgan fingerprint density at radius 3 is 2.58 bits per heavy atom. The van der Waals surface area contributed by atoms with Crippen molar-refractivity contribution in [1.29, 1.82) is 0 Å². The average molecular weight is 497 g/mol. The number of hydrogen-bond donors (Lipinski definition) is 0. The predicted octanol–water partition coefficient (Wildman–Crippen LogP) is 5.96. The molecule has 0 amide bonds. The van der Waals surface area contributed by atoms with Crippen molar-refractivity contribution in [2.24, 2.45) is 0 Å². The van der Waals surface area contributed by atoms with Crippen LogP contribution in [-0.4, -0.2) is 28.2 Å². The van der Waals surface area contributed by atoms with Crippen molar-refractivity contribution in [3.8, 4) is 11.4 Å². The number of benzene rings is 2. The van der Waals surface area contributed by atoms with Crippen LogP contribution in [0, 0.1) is 0 Å². The minimum atomic E-state index is -0.0778. The number of carbonyl (C=O) groups excluding carboxylic acids is 1. The molecule has 0 radical (unpaired) electrons. The van der Waals surface area contributed by atoms with Gasteiger partial charge in [-0.05, 0) is 79.8 Å². The van der Waals surface area contributed by atoms with Gasteiger partial charge in [0.1, 0.15) is 10.6 Å². The molecule has 0 bridgehead atoms. The van der Waals surface area contributed by atoms with E-state index >= 15 is 0 Å². The second-order valence-corrected chi connectivity index (χ2v) is 10.3. The van der Waals surface area contributed by atoms with Crippen LogP contribution in [0.15, 0.2) is 58.5 Å². The molecule has 0 N–H and O–H groups in total. The molecular formula is C25H21ClN2O3S2. The second-order valence-electron chi connectivity index (χ2n) is 7.84. The highest BCUT2D eigenvalue weighted by atomic mass is 35.5. The molecule has 0 fully saturated rings. The summed E-state index contributed by atoms with van der Waals surface area (Å²) in [5.74, 6) is 0.833. The van der Waals surface area contributed by atoms with Crippen LogP contribution >= 0.6 is 34.7 Å². The van der Waals surface area contributed by atoms with Gasteiger partial charge in [0, 0.05) is 15.5 Å². The summed E-state index contributed by atoms with van der Waals surface area (Å²) >= 11 is 8.83. The van der Waals surface area contributed by atoms with E-state index in [9.17, 15) is 9.59 Å². The van der Waals surface area contributed by atoms with Crippen LogP contribution in [0.2, 0.25) is 5.02 Å². The average Bonchev–Trinajstić information content (AvgIpc) is 3.22. The number of aryl methyl sites for hydroxylation is 2. The Labute approximate surface area is 204 Å². The van der Waals surface area contributed by atoms with E-state index in [1.54, 1.807) is 47.3 Å². The second kappa shape index (κ2) is 9.33. The van der Waals surface area contributed by atoms with Crippen molar-refractivity contribution in [3.63, 3.8) is 0 Å². The lowest BCUT2D eigenvalue weighted by molar-refractivity contribution is 0.102. The Kier molecular flexibility index (Phi) is 6.27. The van der Waals surface area contributed by atoms with Gasteiger partial charge in [-0.2, -0.15) is 0 Å². The molecule has 4 aromatic rings. The van der Waals surface area contributed by atoms with Gasteiger partial charge < -0.3 is 4.74 Å². The molecule has 2 aromatic carbocycles. The van der Waals surface area contributed by atoms with Gasteiger partial charge in [0.05, 0.1) is 23.9 Å². The lowest BCUT2D eigenvalue weighted by atomic mass is 9.97. The zero-order chi connectivity index (χ0) is 22.9. The number of Topliss-reactive ketones (excluding diaryl/α,β-unsaturated/α-hetero) is 1. The van der Waals surface area contributed by atoms with E-state index in [2.05, 4.69) is 0 Å². The van der Waals surface area contributed by atoms with Gasteiger partial charge >= 0.3 is 0 Å². The molecule has 33 heavy (non-hydrogen) atoms. The van der Waals surface area contributed by atoms with Gasteiger partial charge in [-0.25, -0.2) is 4.98 Å². The first-order chi connectivity index (χ1) is 16.0. The quantitative estimate of drug-likeness (QED) is 0.187. The van der Waals surface area contributed by atoms with Crippen LogP contribution in [0.25, 0.3) is 15.9 Å². The highest BCUT2D eigenvalue weighted by Gasteiger charge is 2.23. The minimum absolute atomic E-state index is 0.0437. The predicted molar refractivity (Wildman–Crippen MR) is 135 cm³/mol. The minimum Gasteiger partial charge on any atom is -0.497 e. The number of ketones is 1. The van der Waals surface area contributed by atoms with E-state index in [1.807, 2.05) is 24.3 Å². The number of halogens is 1. The van der Waals surface area contributed by atoms with Gasteiger partial charge in [-0.1, -0.05) is 23.4 Å². The molecule has 0 saturated carbocycles. The number of fused-ring (bicyclic) bond motifs is 3. The molecule has 2 heterocycles. The fourth-order valence-corrected chi connectivity index (χ4v) is 6.43. The third-order valence-corrected chi connectivity index (χ3v) is 8.16. The summed E-state index contributed by atoms with van der Waals surface area (Å²) in [6.07, 6.45) is 4.14. The molecule has 5 nitrogen and oxygen atoms in total. The summed E-state index contributed by atoms with van der Waals surface area (Å²) in [6, 6.07) is 14.2. The standard InChI is InChI=1S/C25H21ClN2O3S2/c1-31-18-12-10-17(11-13-18)28-24(30)22-19-4-2-3-5-21(19)33-23(22)27-25(28)32-14-20(29)15-6-8-16(26)9-7-15/h6-13H,2-5,14H2,1H3. The van der Waals surface area contributed by atoms with Crippen molar-refractivity contribution in [2.45, 2.75) is 30.8 Å². The molecule has 0 aliphatic heterocycles.